The Balaban J connectivity index is 1.99. The second-order valence-corrected chi connectivity index (χ2v) is 6.32. The maximum absolute atomic E-state index is 12.4. The summed E-state index contributed by atoms with van der Waals surface area (Å²) in [5, 5.41) is 25.0. The van der Waals surface area contributed by atoms with E-state index in [0.717, 1.165) is 4.35 Å². The van der Waals surface area contributed by atoms with E-state index in [1.54, 1.807) is 12.1 Å². The summed E-state index contributed by atoms with van der Waals surface area (Å²) in [7, 11) is 0. The molecule has 1 atom stereocenters. The minimum atomic E-state index is -1.25. The first kappa shape index (κ1) is 15.8. The Morgan fingerprint density at radius 1 is 1.25 bits per heavy atom. The molecule has 1 amide bonds. The standard InChI is InChI=1S/C16H10AsN3O4/c17-9-2-4-13-10(6-9)14(24-20-13)15(21)19-12-3-1-8(7-18)5-11(12)16(22)23/h1-6H,17H2,(H,19,21)(H,22,23). The van der Waals surface area contributed by atoms with Crippen molar-refractivity contribution in [3.63, 3.8) is 0 Å². The van der Waals surface area contributed by atoms with E-state index in [9.17, 15) is 14.7 Å². The first-order valence-corrected chi connectivity index (χ1v) is 7.94. The molecule has 2 aromatic carbocycles. The molecule has 0 aliphatic heterocycles. The summed E-state index contributed by atoms with van der Waals surface area (Å²) < 4.78 is 6.09. The van der Waals surface area contributed by atoms with Crippen LogP contribution in [-0.2, 0) is 0 Å². The van der Waals surface area contributed by atoms with Gasteiger partial charge in [-0.2, -0.15) is 0 Å². The maximum atomic E-state index is 12.4. The second-order valence-electron chi connectivity index (χ2n) is 4.92. The number of rotatable bonds is 3. The number of amides is 1. The summed E-state index contributed by atoms with van der Waals surface area (Å²) in [4.78, 5) is 23.8. The molecule has 0 aliphatic carbocycles. The number of fused-ring (bicyclic) bond motifs is 1. The molecule has 1 aromatic heterocycles. The number of nitriles is 1. The number of hydrogen-bond acceptors (Lipinski definition) is 5. The summed E-state index contributed by atoms with van der Waals surface area (Å²) in [6, 6.07) is 11.3. The first-order chi connectivity index (χ1) is 11.5. The molecule has 118 valence electrons. The molecule has 1 heterocycles. The number of carbonyl (C=O) groups excluding carboxylic acids is 1. The van der Waals surface area contributed by atoms with E-state index >= 15 is 0 Å². The van der Waals surface area contributed by atoms with Crippen LogP contribution in [0, 0.1) is 11.3 Å². The number of benzene rings is 2. The van der Waals surface area contributed by atoms with Gasteiger partial charge < -0.3 is 0 Å². The molecule has 0 radical (unpaired) electrons. The normalized spacial score (nSPS) is 10.3. The fourth-order valence-electron chi connectivity index (χ4n) is 2.20. The first-order valence-electron chi connectivity index (χ1n) is 6.73. The number of nitrogens with zero attached hydrogens (tertiary/aromatic N) is 2. The minimum absolute atomic E-state index is 0.00481. The summed E-state index contributed by atoms with van der Waals surface area (Å²) in [6.45, 7) is 0. The zero-order valence-corrected chi connectivity index (χ0v) is 14.5. The molecule has 24 heavy (non-hydrogen) atoms. The van der Waals surface area contributed by atoms with Crippen molar-refractivity contribution < 1.29 is 19.2 Å². The number of carbonyl (C=O) groups is 2. The molecule has 7 nitrogen and oxygen atoms in total. The van der Waals surface area contributed by atoms with Crippen LogP contribution in [0.25, 0.3) is 10.9 Å². The van der Waals surface area contributed by atoms with Crippen LogP contribution in [0.4, 0.5) is 5.69 Å². The summed E-state index contributed by atoms with van der Waals surface area (Å²) in [5.74, 6) is -1.85. The number of hydrogen-bond donors (Lipinski definition) is 2. The predicted octanol–water partition coefficient (Wildman–Crippen LogP) is 0.908. The van der Waals surface area contributed by atoms with Gasteiger partial charge in [-0.25, -0.2) is 0 Å². The predicted molar refractivity (Wildman–Crippen MR) is 88.3 cm³/mol. The SMILES string of the molecule is N#Cc1ccc(NC(=O)c2onc3ccc([AsH2])cc23)c(C(=O)O)c1. The van der Waals surface area contributed by atoms with Gasteiger partial charge in [0.05, 0.1) is 0 Å². The number of aromatic nitrogens is 1. The van der Waals surface area contributed by atoms with Crippen LogP contribution in [0.3, 0.4) is 0 Å². The van der Waals surface area contributed by atoms with Gasteiger partial charge in [-0.1, -0.05) is 0 Å². The van der Waals surface area contributed by atoms with E-state index in [-0.39, 0.29) is 22.6 Å². The van der Waals surface area contributed by atoms with Gasteiger partial charge in [0.15, 0.2) is 0 Å². The Bertz CT molecular complexity index is 1020. The molecule has 0 spiro atoms. The van der Waals surface area contributed by atoms with E-state index in [1.165, 1.54) is 35.1 Å². The van der Waals surface area contributed by atoms with Crippen molar-refractivity contribution in [1.29, 1.82) is 5.26 Å². The van der Waals surface area contributed by atoms with E-state index in [1.807, 2.05) is 12.1 Å². The fourth-order valence-corrected chi connectivity index (χ4v) is 2.75. The number of carboxylic acids is 1. The van der Waals surface area contributed by atoms with Gasteiger partial charge in [-0.15, -0.1) is 0 Å². The Morgan fingerprint density at radius 2 is 2.04 bits per heavy atom. The second kappa shape index (κ2) is 6.18. The van der Waals surface area contributed by atoms with Gasteiger partial charge in [0.1, 0.15) is 0 Å². The van der Waals surface area contributed by atoms with E-state index < -0.39 is 11.9 Å². The van der Waals surface area contributed by atoms with Crippen LogP contribution in [0.5, 0.6) is 0 Å². The van der Waals surface area contributed by atoms with Gasteiger partial charge in [0, 0.05) is 0 Å². The van der Waals surface area contributed by atoms with Crippen molar-refractivity contribution >= 4 is 49.7 Å². The summed E-state index contributed by atoms with van der Waals surface area (Å²) >= 11 is 1.39. The monoisotopic (exact) mass is 383 g/mol. The van der Waals surface area contributed by atoms with Crippen molar-refractivity contribution in [3.05, 3.63) is 53.3 Å². The Kier molecular flexibility index (Phi) is 4.07. The topological polar surface area (TPSA) is 116 Å². The Hall–Kier alpha value is -3.10. The van der Waals surface area contributed by atoms with E-state index in [2.05, 4.69) is 10.5 Å². The number of nitrogens with one attached hydrogen (secondary N) is 1. The third kappa shape index (κ3) is 2.87. The van der Waals surface area contributed by atoms with Crippen molar-refractivity contribution in [3.8, 4) is 6.07 Å². The Morgan fingerprint density at radius 3 is 2.75 bits per heavy atom. The fraction of sp³-hybridized carbons (Fsp3) is 0. The molecule has 0 bridgehead atoms. The van der Waals surface area contributed by atoms with Crippen molar-refractivity contribution in [2.24, 2.45) is 0 Å². The van der Waals surface area contributed by atoms with Crippen LogP contribution in [0.1, 0.15) is 26.5 Å². The molecule has 2 N–H and O–H groups in total. The molecule has 0 fully saturated rings. The van der Waals surface area contributed by atoms with Crippen molar-refractivity contribution in [2.45, 2.75) is 0 Å². The number of aromatic carboxylic acids is 1. The number of anilines is 1. The van der Waals surface area contributed by atoms with Gasteiger partial charge in [0.2, 0.25) is 0 Å². The van der Waals surface area contributed by atoms with E-state index in [4.69, 9.17) is 9.78 Å². The third-order valence-corrected chi connectivity index (χ3v) is 4.09. The molecule has 1 unspecified atom stereocenters. The summed E-state index contributed by atoms with van der Waals surface area (Å²) in [6.07, 6.45) is 0. The zero-order chi connectivity index (χ0) is 17.3. The quantitative estimate of drug-likeness (QED) is 0.650. The molecule has 3 aromatic rings. The third-order valence-electron chi connectivity index (χ3n) is 3.33. The molecule has 0 aliphatic rings. The van der Waals surface area contributed by atoms with Crippen molar-refractivity contribution in [2.75, 3.05) is 5.32 Å². The van der Waals surface area contributed by atoms with Crippen LogP contribution in [-0.4, -0.2) is 39.0 Å². The molecular formula is C16H10AsN3O4. The van der Waals surface area contributed by atoms with Gasteiger partial charge in [-0.05, 0) is 0 Å². The van der Waals surface area contributed by atoms with Crippen molar-refractivity contribution in [1.82, 2.24) is 5.16 Å². The average Bonchev–Trinajstić information content (AvgIpc) is 2.98. The number of carboxylic acid groups (broad SMARTS) is 1. The van der Waals surface area contributed by atoms with E-state index in [0.29, 0.717) is 10.9 Å². The van der Waals surface area contributed by atoms with Gasteiger partial charge in [-0.3, -0.25) is 0 Å². The summed E-state index contributed by atoms with van der Waals surface area (Å²) in [5.41, 5.74) is 0.631. The molecule has 8 heteroatoms. The van der Waals surface area contributed by atoms with Crippen LogP contribution in [0.2, 0.25) is 0 Å². The molecule has 3 rings (SSSR count). The van der Waals surface area contributed by atoms with Gasteiger partial charge >= 0.3 is 144 Å². The van der Waals surface area contributed by atoms with Gasteiger partial charge in [0.25, 0.3) is 0 Å². The van der Waals surface area contributed by atoms with Crippen LogP contribution in [0.15, 0.2) is 40.9 Å². The molecule has 0 saturated carbocycles. The molecule has 0 saturated heterocycles. The Labute approximate surface area is 144 Å². The van der Waals surface area contributed by atoms with Crippen LogP contribution >= 0.6 is 0 Å². The zero-order valence-electron chi connectivity index (χ0n) is 12.1. The van der Waals surface area contributed by atoms with Crippen LogP contribution < -0.4 is 9.67 Å². The molecular weight excluding hydrogens is 373 g/mol. The average molecular weight is 383 g/mol.